The van der Waals surface area contributed by atoms with Gasteiger partial charge in [0, 0.05) is 19.1 Å². The fourth-order valence-corrected chi connectivity index (χ4v) is 3.64. The van der Waals surface area contributed by atoms with Gasteiger partial charge >= 0.3 is 17.9 Å². The van der Waals surface area contributed by atoms with E-state index < -0.39 is 47.2 Å². The topological polar surface area (TPSA) is 141 Å². The number of non-ortho nitro benzene ring substituents is 1. The lowest BCUT2D eigenvalue weighted by Crippen LogP contribution is -2.36. The average molecular weight is 457 g/mol. The Morgan fingerprint density at radius 3 is 2.06 bits per heavy atom. The lowest BCUT2D eigenvalue weighted by Gasteiger charge is -2.18. The van der Waals surface area contributed by atoms with Crippen molar-refractivity contribution >= 4 is 23.6 Å². The number of nitrogens with zero attached hydrogens (tertiary/aromatic N) is 1. The van der Waals surface area contributed by atoms with E-state index in [2.05, 4.69) is 0 Å². The number of esters is 3. The molecule has 0 N–H and O–H groups in total. The monoisotopic (exact) mass is 457 g/mol. The minimum atomic E-state index is -0.754. The third-order valence-electron chi connectivity index (χ3n) is 5.15. The van der Waals surface area contributed by atoms with Gasteiger partial charge in [0.2, 0.25) is 0 Å². The maximum Gasteiger partial charge on any atom is 0.342 e. The van der Waals surface area contributed by atoms with E-state index in [9.17, 15) is 24.5 Å². The number of benzene rings is 2. The number of hydrogen-bond donors (Lipinski definition) is 0. The molecule has 4 atom stereocenters. The molecule has 0 bridgehead atoms. The van der Waals surface area contributed by atoms with Crippen molar-refractivity contribution < 1.29 is 43.0 Å². The summed E-state index contributed by atoms with van der Waals surface area (Å²) in [5.41, 5.74) is 0.0808. The van der Waals surface area contributed by atoms with Gasteiger partial charge in [-0.3, -0.25) is 14.9 Å². The molecule has 11 nitrogen and oxygen atoms in total. The Hall–Kier alpha value is -3.83. The molecule has 2 saturated heterocycles. The molecule has 2 aliphatic heterocycles. The Balaban J connectivity index is 1.37. The second-order valence-electron chi connectivity index (χ2n) is 7.38. The van der Waals surface area contributed by atoms with Gasteiger partial charge in [-0.15, -0.1) is 0 Å². The quantitative estimate of drug-likeness (QED) is 0.274. The molecule has 0 saturated carbocycles. The normalized spacial score (nSPS) is 23.4. The van der Waals surface area contributed by atoms with Crippen molar-refractivity contribution in [1.82, 2.24) is 0 Å². The molecule has 2 aromatic rings. The number of carbonyl (C=O) groups excluding carboxylic acids is 3. The highest BCUT2D eigenvalue weighted by Gasteiger charge is 2.51. The molecular formula is C22H19NO10. The van der Waals surface area contributed by atoms with Crippen LogP contribution in [-0.2, 0) is 23.7 Å². The molecule has 0 unspecified atom stereocenters. The molecule has 0 spiro atoms. The molecule has 0 aromatic heterocycles. The highest BCUT2D eigenvalue weighted by Crippen LogP contribution is 2.32. The third-order valence-corrected chi connectivity index (χ3v) is 5.15. The highest BCUT2D eigenvalue weighted by atomic mass is 16.7. The van der Waals surface area contributed by atoms with Crippen LogP contribution in [0.3, 0.4) is 0 Å². The number of rotatable bonds is 6. The van der Waals surface area contributed by atoms with Gasteiger partial charge in [0.05, 0.1) is 23.7 Å². The summed E-state index contributed by atoms with van der Waals surface area (Å²) >= 11 is 0. The lowest BCUT2D eigenvalue weighted by molar-refractivity contribution is -0.384. The maximum absolute atomic E-state index is 12.7. The van der Waals surface area contributed by atoms with E-state index in [-0.39, 0.29) is 35.8 Å². The summed E-state index contributed by atoms with van der Waals surface area (Å²) in [4.78, 5) is 46.5. The second-order valence-corrected chi connectivity index (χ2v) is 7.38. The summed E-state index contributed by atoms with van der Waals surface area (Å²) in [6.07, 6.45) is -2.79. The van der Waals surface area contributed by atoms with E-state index in [1.54, 1.807) is 12.1 Å². The SMILES string of the molecule is CC(=O)Oc1ccccc1C(=O)O[C@H]1CO[C@H]2[C@@H]1OC[C@H]2OC(=O)c1ccc([N+](=O)[O-])cc1. The van der Waals surface area contributed by atoms with Crippen LogP contribution in [0.25, 0.3) is 0 Å². The number of para-hydroxylation sites is 1. The average Bonchev–Trinajstić information content (AvgIpc) is 3.37. The van der Waals surface area contributed by atoms with Crippen LogP contribution in [0, 0.1) is 10.1 Å². The zero-order valence-electron chi connectivity index (χ0n) is 17.4. The van der Waals surface area contributed by atoms with E-state index >= 15 is 0 Å². The van der Waals surface area contributed by atoms with Gasteiger partial charge in [0.25, 0.3) is 5.69 Å². The van der Waals surface area contributed by atoms with Crippen molar-refractivity contribution in [2.24, 2.45) is 0 Å². The summed E-state index contributed by atoms with van der Waals surface area (Å²) in [7, 11) is 0. The summed E-state index contributed by atoms with van der Waals surface area (Å²) in [6, 6.07) is 11.2. The summed E-state index contributed by atoms with van der Waals surface area (Å²) in [6.45, 7) is 1.29. The van der Waals surface area contributed by atoms with Crippen LogP contribution >= 0.6 is 0 Å². The van der Waals surface area contributed by atoms with Gasteiger partial charge in [0.1, 0.15) is 23.5 Å². The van der Waals surface area contributed by atoms with Gasteiger partial charge in [-0.25, -0.2) is 9.59 Å². The lowest BCUT2D eigenvalue weighted by atomic mass is 10.1. The van der Waals surface area contributed by atoms with Crippen LogP contribution in [0.4, 0.5) is 5.69 Å². The van der Waals surface area contributed by atoms with Crippen LogP contribution in [0.2, 0.25) is 0 Å². The molecular weight excluding hydrogens is 438 g/mol. The number of nitro groups is 1. The Morgan fingerprint density at radius 1 is 0.909 bits per heavy atom. The molecule has 0 radical (unpaired) electrons. The smallest absolute Gasteiger partial charge is 0.342 e. The van der Waals surface area contributed by atoms with Crippen molar-refractivity contribution in [3.63, 3.8) is 0 Å². The van der Waals surface area contributed by atoms with Gasteiger partial charge in [-0.05, 0) is 24.3 Å². The first-order chi connectivity index (χ1) is 15.8. The predicted octanol–water partition coefficient (Wildman–Crippen LogP) is 2.07. The molecule has 2 aliphatic rings. The van der Waals surface area contributed by atoms with Gasteiger partial charge in [-0.1, -0.05) is 12.1 Å². The number of ether oxygens (including phenoxy) is 5. The van der Waals surface area contributed by atoms with Crippen LogP contribution in [0.15, 0.2) is 48.5 Å². The van der Waals surface area contributed by atoms with Crippen LogP contribution in [0.1, 0.15) is 27.6 Å². The summed E-state index contributed by atoms with van der Waals surface area (Å²) < 4.78 is 27.4. The van der Waals surface area contributed by atoms with Gasteiger partial charge in [0.15, 0.2) is 12.2 Å². The first-order valence-electron chi connectivity index (χ1n) is 10.0. The van der Waals surface area contributed by atoms with E-state index in [0.717, 1.165) is 0 Å². The largest absolute Gasteiger partial charge is 0.453 e. The minimum absolute atomic E-state index is 0.0301. The molecule has 11 heteroatoms. The third kappa shape index (κ3) is 4.83. The number of carbonyl (C=O) groups is 3. The predicted molar refractivity (Wildman–Crippen MR) is 109 cm³/mol. The molecule has 2 aromatic carbocycles. The van der Waals surface area contributed by atoms with Gasteiger partial charge in [-0.2, -0.15) is 0 Å². The first kappa shape index (κ1) is 22.4. The fourth-order valence-electron chi connectivity index (χ4n) is 3.64. The Kier molecular flexibility index (Phi) is 6.33. The van der Waals surface area contributed by atoms with Gasteiger partial charge < -0.3 is 23.7 Å². The van der Waals surface area contributed by atoms with E-state index in [1.807, 2.05) is 0 Å². The Morgan fingerprint density at radius 2 is 1.48 bits per heavy atom. The van der Waals surface area contributed by atoms with Crippen LogP contribution < -0.4 is 4.74 Å². The van der Waals surface area contributed by atoms with E-state index in [4.69, 9.17) is 23.7 Å². The van der Waals surface area contributed by atoms with Crippen molar-refractivity contribution in [2.45, 2.75) is 31.3 Å². The summed E-state index contributed by atoms with van der Waals surface area (Å²) in [5, 5.41) is 10.7. The molecule has 2 heterocycles. The summed E-state index contributed by atoms with van der Waals surface area (Å²) in [5.74, 6) is -1.89. The molecule has 172 valence electrons. The minimum Gasteiger partial charge on any atom is -0.453 e. The highest BCUT2D eigenvalue weighted by molar-refractivity contribution is 5.93. The number of fused-ring (bicyclic) bond motifs is 1. The zero-order valence-corrected chi connectivity index (χ0v) is 17.4. The molecule has 2 fully saturated rings. The van der Waals surface area contributed by atoms with Crippen molar-refractivity contribution in [2.75, 3.05) is 13.2 Å². The van der Waals surface area contributed by atoms with Crippen molar-refractivity contribution in [3.8, 4) is 5.75 Å². The molecule has 33 heavy (non-hydrogen) atoms. The Labute approximate surface area is 187 Å². The zero-order chi connectivity index (χ0) is 23.5. The van der Waals surface area contributed by atoms with E-state index in [0.29, 0.717) is 0 Å². The Bertz CT molecular complexity index is 1080. The number of nitro benzene ring substituents is 1. The molecule has 0 aliphatic carbocycles. The molecule has 4 rings (SSSR count). The standard InChI is InChI=1S/C22H19NO10/c1-12(24)31-16-5-3-2-4-15(16)22(26)33-18-11-30-19-17(10-29-20(18)19)32-21(25)13-6-8-14(9-7-13)23(27)28/h2-9,17-20H,10-11H2,1H3/t17-,18+,19-,20-/m1/s1. The van der Waals surface area contributed by atoms with Crippen LogP contribution in [-0.4, -0.2) is 60.5 Å². The van der Waals surface area contributed by atoms with Crippen LogP contribution in [0.5, 0.6) is 5.75 Å². The van der Waals surface area contributed by atoms with Crippen molar-refractivity contribution in [1.29, 1.82) is 0 Å². The number of hydrogen-bond acceptors (Lipinski definition) is 10. The van der Waals surface area contributed by atoms with Crippen molar-refractivity contribution in [3.05, 3.63) is 69.8 Å². The fraction of sp³-hybridized carbons (Fsp3) is 0.318. The van der Waals surface area contributed by atoms with E-state index in [1.165, 1.54) is 43.3 Å². The second kappa shape index (κ2) is 9.35. The maximum atomic E-state index is 12.7. The first-order valence-corrected chi connectivity index (χ1v) is 10.0. The molecule has 0 amide bonds.